The van der Waals surface area contributed by atoms with E-state index in [1.54, 1.807) is 11.3 Å². The smallest absolute Gasteiger partial charge is 0.232 e. The summed E-state index contributed by atoms with van der Waals surface area (Å²) in [7, 11) is 0. The van der Waals surface area contributed by atoms with Crippen LogP contribution in [0.1, 0.15) is 35.5 Å². The average molecular weight is 296 g/mol. The Hall–Kier alpha value is -1.34. The third-order valence-corrected chi connectivity index (χ3v) is 4.19. The molecular weight excluding hydrogens is 280 g/mol. The fraction of sp³-hybridized carbons (Fsp3) is 0.500. The molecule has 0 spiro atoms. The number of carbonyl (C=O) groups excluding carboxylic acids is 1. The van der Waals surface area contributed by atoms with E-state index in [0.29, 0.717) is 5.13 Å². The van der Waals surface area contributed by atoms with Gasteiger partial charge in [0.05, 0.1) is 17.1 Å². The zero-order valence-corrected chi connectivity index (χ0v) is 12.6. The van der Waals surface area contributed by atoms with Gasteiger partial charge in [0.25, 0.3) is 0 Å². The molecule has 0 aliphatic carbocycles. The van der Waals surface area contributed by atoms with Crippen molar-refractivity contribution in [3.05, 3.63) is 21.1 Å². The first-order valence-electron chi connectivity index (χ1n) is 6.20. The molecule has 102 valence electrons. The first-order chi connectivity index (χ1) is 9.17. The van der Waals surface area contributed by atoms with Gasteiger partial charge in [-0.1, -0.05) is 24.7 Å². The molecule has 2 heterocycles. The molecule has 19 heavy (non-hydrogen) atoms. The van der Waals surface area contributed by atoms with Crippen LogP contribution in [0.5, 0.6) is 0 Å². The number of rotatable bonds is 6. The summed E-state index contributed by atoms with van der Waals surface area (Å²) < 4.78 is 0. The molecule has 0 aliphatic rings. The molecule has 0 bridgehead atoms. The normalized spacial score (nSPS) is 10.6. The lowest BCUT2D eigenvalue weighted by Gasteiger charge is -1.97. The van der Waals surface area contributed by atoms with Crippen LogP contribution in [0.25, 0.3) is 0 Å². The molecule has 2 aromatic heterocycles. The molecule has 1 amide bonds. The summed E-state index contributed by atoms with van der Waals surface area (Å²) in [5, 5.41) is 15.2. The third-order valence-electron chi connectivity index (χ3n) is 2.47. The summed E-state index contributed by atoms with van der Waals surface area (Å²) >= 11 is 2.99. The zero-order valence-electron chi connectivity index (χ0n) is 11.0. The van der Waals surface area contributed by atoms with Gasteiger partial charge in [-0.15, -0.1) is 21.5 Å². The van der Waals surface area contributed by atoms with Gasteiger partial charge in [0.15, 0.2) is 0 Å². The van der Waals surface area contributed by atoms with E-state index >= 15 is 0 Å². The van der Waals surface area contributed by atoms with Crippen LogP contribution in [0.3, 0.4) is 0 Å². The molecule has 0 saturated heterocycles. The van der Waals surface area contributed by atoms with Gasteiger partial charge >= 0.3 is 0 Å². The maximum atomic E-state index is 11.8. The molecule has 7 heteroatoms. The van der Waals surface area contributed by atoms with Gasteiger partial charge in [-0.3, -0.25) is 4.79 Å². The molecular formula is C12H16N4OS2. The fourth-order valence-corrected chi connectivity index (χ4v) is 2.96. The van der Waals surface area contributed by atoms with Crippen molar-refractivity contribution in [3.8, 4) is 0 Å². The fourth-order valence-electron chi connectivity index (χ4n) is 1.55. The average Bonchev–Trinajstić information content (AvgIpc) is 2.96. The Labute approximate surface area is 120 Å². The molecule has 2 aromatic rings. The third kappa shape index (κ3) is 4.36. The van der Waals surface area contributed by atoms with E-state index in [9.17, 15) is 4.79 Å². The van der Waals surface area contributed by atoms with E-state index in [2.05, 4.69) is 27.4 Å². The summed E-state index contributed by atoms with van der Waals surface area (Å²) in [4.78, 5) is 16.1. The highest BCUT2D eigenvalue weighted by atomic mass is 32.1. The van der Waals surface area contributed by atoms with Crippen LogP contribution < -0.4 is 5.32 Å². The van der Waals surface area contributed by atoms with E-state index in [1.165, 1.54) is 11.3 Å². The Kier molecular flexibility index (Phi) is 4.98. The van der Waals surface area contributed by atoms with Crippen molar-refractivity contribution < 1.29 is 4.79 Å². The van der Waals surface area contributed by atoms with Crippen LogP contribution in [-0.4, -0.2) is 21.1 Å². The lowest BCUT2D eigenvalue weighted by Crippen LogP contribution is -2.14. The second-order valence-corrected chi connectivity index (χ2v) is 6.31. The van der Waals surface area contributed by atoms with Crippen LogP contribution >= 0.6 is 22.7 Å². The minimum atomic E-state index is -0.0940. The predicted octanol–water partition coefficient (Wildman–Crippen LogP) is 2.83. The van der Waals surface area contributed by atoms with Crippen LogP contribution in [-0.2, 0) is 17.6 Å². The number of hydrogen-bond acceptors (Lipinski definition) is 6. The maximum Gasteiger partial charge on any atom is 0.232 e. The summed E-state index contributed by atoms with van der Waals surface area (Å²) in [5.41, 5.74) is 0.802. The Morgan fingerprint density at radius 3 is 2.95 bits per heavy atom. The van der Waals surface area contributed by atoms with Crippen molar-refractivity contribution in [1.82, 2.24) is 15.2 Å². The van der Waals surface area contributed by atoms with Crippen molar-refractivity contribution in [1.29, 1.82) is 0 Å². The summed E-state index contributed by atoms with van der Waals surface area (Å²) in [5.74, 6) is -0.0940. The standard InChI is InChI=1S/C12H16N4OS2/c1-3-4-5-11-15-16-12(19-11)14-10(17)6-9-7-18-8(2)13-9/h7H,3-6H2,1-2H3,(H,14,16,17). The van der Waals surface area contributed by atoms with Crippen LogP contribution in [0.2, 0.25) is 0 Å². The van der Waals surface area contributed by atoms with Crippen molar-refractivity contribution >= 4 is 33.7 Å². The molecule has 0 aliphatic heterocycles. The topological polar surface area (TPSA) is 67.8 Å². The lowest BCUT2D eigenvalue weighted by molar-refractivity contribution is -0.115. The Morgan fingerprint density at radius 1 is 1.42 bits per heavy atom. The molecule has 0 unspecified atom stereocenters. The van der Waals surface area contributed by atoms with Gasteiger partial charge in [0.1, 0.15) is 5.01 Å². The molecule has 0 radical (unpaired) electrons. The highest BCUT2D eigenvalue weighted by molar-refractivity contribution is 7.15. The van der Waals surface area contributed by atoms with Crippen molar-refractivity contribution in [3.63, 3.8) is 0 Å². The van der Waals surface area contributed by atoms with Gasteiger partial charge in [0.2, 0.25) is 11.0 Å². The highest BCUT2D eigenvalue weighted by Gasteiger charge is 2.10. The number of unbranched alkanes of at least 4 members (excludes halogenated alkanes) is 1. The first kappa shape index (κ1) is 14.1. The number of thiazole rings is 1. The van der Waals surface area contributed by atoms with E-state index in [4.69, 9.17) is 0 Å². The monoisotopic (exact) mass is 296 g/mol. The van der Waals surface area contributed by atoms with Gasteiger partial charge in [-0.2, -0.15) is 0 Å². The van der Waals surface area contributed by atoms with Crippen molar-refractivity contribution in [2.75, 3.05) is 5.32 Å². The molecule has 0 atom stereocenters. The number of aromatic nitrogens is 3. The van der Waals surface area contributed by atoms with Gasteiger partial charge in [0, 0.05) is 11.8 Å². The zero-order chi connectivity index (χ0) is 13.7. The van der Waals surface area contributed by atoms with Crippen molar-refractivity contribution in [2.45, 2.75) is 39.5 Å². The number of aryl methyl sites for hydroxylation is 2. The van der Waals surface area contributed by atoms with Crippen LogP contribution in [0.15, 0.2) is 5.38 Å². The number of nitrogens with one attached hydrogen (secondary N) is 1. The second kappa shape index (κ2) is 6.72. The predicted molar refractivity (Wildman–Crippen MR) is 77.7 cm³/mol. The minimum Gasteiger partial charge on any atom is -0.300 e. The summed E-state index contributed by atoms with van der Waals surface area (Å²) in [6.45, 7) is 4.07. The van der Waals surface area contributed by atoms with E-state index in [1.807, 2.05) is 12.3 Å². The molecule has 5 nitrogen and oxygen atoms in total. The van der Waals surface area contributed by atoms with Gasteiger partial charge in [-0.25, -0.2) is 4.98 Å². The number of amides is 1. The van der Waals surface area contributed by atoms with Crippen LogP contribution in [0, 0.1) is 6.92 Å². The number of anilines is 1. The first-order valence-corrected chi connectivity index (χ1v) is 7.90. The molecule has 0 saturated carbocycles. The summed E-state index contributed by atoms with van der Waals surface area (Å²) in [6, 6.07) is 0. The van der Waals surface area contributed by atoms with E-state index in [0.717, 1.165) is 35.0 Å². The SMILES string of the molecule is CCCCc1nnc(NC(=O)Cc2csc(C)n2)s1. The van der Waals surface area contributed by atoms with E-state index in [-0.39, 0.29) is 12.3 Å². The Morgan fingerprint density at radius 2 is 2.26 bits per heavy atom. The Bertz CT molecular complexity index is 549. The molecule has 2 rings (SSSR count). The highest BCUT2D eigenvalue weighted by Crippen LogP contribution is 2.17. The lowest BCUT2D eigenvalue weighted by atomic mass is 10.3. The van der Waals surface area contributed by atoms with Gasteiger partial charge < -0.3 is 5.32 Å². The summed E-state index contributed by atoms with van der Waals surface area (Å²) in [6.07, 6.45) is 3.44. The number of hydrogen-bond donors (Lipinski definition) is 1. The quantitative estimate of drug-likeness (QED) is 0.890. The largest absolute Gasteiger partial charge is 0.300 e. The van der Waals surface area contributed by atoms with Crippen molar-refractivity contribution in [2.24, 2.45) is 0 Å². The number of carbonyl (C=O) groups is 1. The molecule has 0 fully saturated rings. The maximum absolute atomic E-state index is 11.8. The Balaban J connectivity index is 1.86. The molecule has 1 N–H and O–H groups in total. The number of nitrogens with zero attached hydrogens (tertiary/aromatic N) is 3. The van der Waals surface area contributed by atoms with Gasteiger partial charge in [-0.05, 0) is 13.3 Å². The molecule has 0 aromatic carbocycles. The van der Waals surface area contributed by atoms with Crippen LogP contribution in [0.4, 0.5) is 5.13 Å². The minimum absolute atomic E-state index is 0.0940. The second-order valence-electron chi connectivity index (χ2n) is 4.19. The van der Waals surface area contributed by atoms with E-state index < -0.39 is 0 Å².